The second-order valence-corrected chi connectivity index (χ2v) is 6.14. The fourth-order valence-electron chi connectivity index (χ4n) is 2.62. The Morgan fingerprint density at radius 2 is 2.00 bits per heavy atom. The molecular formula is C15H32N2. The van der Waals surface area contributed by atoms with Crippen molar-refractivity contribution in [1.29, 1.82) is 0 Å². The molecule has 102 valence electrons. The fourth-order valence-corrected chi connectivity index (χ4v) is 2.62. The van der Waals surface area contributed by atoms with E-state index in [0.29, 0.717) is 6.04 Å². The average molecular weight is 240 g/mol. The van der Waals surface area contributed by atoms with Gasteiger partial charge in [-0.05, 0) is 57.2 Å². The zero-order chi connectivity index (χ0) is 12.7. The van der Waals surface area contributed by atoms with Crippen LogP contribution in [0.25, 0.3) is 0 Å². The van der Waals surface area contributed by atoms with Crippen molar-refractivity contribution in [2.75, 3.05) is 26.2 Å². The Morgan fingerprint density at radius 3 is 2.65 bits per heavy atom. The lowest BCUT2D eigenvalue weighted by Gasteiger charge is -2.29. The summed E-state index contributed by atoms with van der Waals surface area (Å²) in [5.74, 6) is 1.67. The molecule has 0 aromatic rings. The van der Waals surface area contributed by atoms with Gasteiger partial charge in [0, 0.05) is 12.6 Å². The van der Waals surface area contributed by atoms with E-state index in [1.54, 1.807) is 0 Å². The van der Waals surface area contributed by atoms with Gasteiger partial charge in [0.25, 0.3) is 0 Å². The maximum absolute atomic E-state index is 3.71. The quantitative estimate of drug-likeness (QED) is 0.767. The molecule has 2 unspecified atom stereocenters. The van der Waals surface area contributed by atoms with Crippen LogP contribution < -0.4 is 5.32 Å². The number of hydrogen-bond donors (Lipinski definition) is 1. The highest BCUT2D eigenvalue weighted by atomic mass is 15.1. The number of hydrogen-bond acceptors (Lipinski definition) is 2. The van der Waals surface area contributed by atoms with E-state index in [1.807, 2.05) is 0 Å². The van der Waals surface area contributed by atoms with Gasteiger partial charge < -0.3 is 10.2 Å². The lowest BCUT2D eigenvalue weighted by Crippen LogP contribution is -2.44. The summed E-state index contributed by atoms with van der Waals surface area (Å²) >= 11 is 0. The monoisotopic (exact) mass is 240 g/mol. The van der Waals surface area contributed by atoms with E-state index in [4.69, 9.17) is 0 Å². The minimum absolute atomic E-state index is 0.670. The second-order valence-electron chi connectivity index (χ2n) is 6.14. The molecular weight excluding hydrogens is 208 g/mol. The van der Waals surface area contributed by atoms with Crippen LogP contribution in [0.2, 0.25) is 0 Å². The first-order valence-corrected chi connectivity index (χ1v) is 7.59. The van der Waals surface area contributed by atoms with Crippen molar-refractivity contribution in [2.24, 2.45) is 11.8 Å². The van der Waals surface area contributed by atoms with Gasteiger partial charge in [0.05, 0.1) is 0 Å². The number of nitrogens with one attached hydrogen (secondary N) is 1. The Kier molecular flexibility index (Phi) is 7.14. The third-order valence-corrected chi connectivity index (χ3v) is 4.03. The molecule has 1 aliphatic heterocycles. The van der Waals surface area contributed by atoms with Crippen LogP contribution in [0, 0.1) is 11.8 Å². The molecule has 1 N–H and O–H groups in total. The standard InChI is InChI=1S/C15H32N2/c1-5-9-16-15(13(2)3)12-17-10-6-7-14(4)8-11-17/h13-16H,5-12H2,1-4H3. The van der Waals surface area contributed by atoms with E-state index in [1.165, 1.54) is 45.3 Å². The van der Waals surface area contributed by atoms with Crippen molar-refractivity contribution in [3.63, 3.8) is 0 Å². The predicted molar refractivity (Wildman–Crippen MR) is 76.4 cm³/mol. The highest BCUT2D eigenvalue weighted by Gasteiger charge is 2.19. The van der Waals surface area contributed by atoms with Crippen LogP contribution in [0.15, 0.2) is 0 Å². The van der Waals surface area contributed by atoms with Crippen LogP contribution in [0.5, 0.6) is 0 Å². The zero-order valence-electron chi connectivity index (χ0n) is 12.3. The fraction of sp³-hybridized carbons (Fsp3) is 1.00. The Morgan fingerprint density at radius 1 is 1.24 bits per heavy atom. The largest absolute Gasteiger partial charge is 0.312 e. The minimum Gasteiger partial charge on any atom is -0.312 e. The minimum atomic E-state index is 0.670. The summed E-state index contributed by atoms with van der Waals surface area (Å²) in [5.41, 5.74) is 0. The molecule has 0 spiro atoms. The lowest BCUT2D eigenvalue weighted by molar-refractivity contribution is 0.222. The SMILES string of the molecule is CCCNC(CN1CCCC(C)CC1)C(C)C. The maximum atomic E-state index is 3.71. The Labute approximate surface area is 108 Å². The average Bonchev–Trinajstić information content (AvgIpc) is 2.49. The first kappa shape index (κ1) is 15.0. The van der Waals surface area contributed by atoms with Crippen molar-refractivity contribution in [1.82, 2.24) is 10.2 Å². The maximum Gasteiger partial charge on any atom is 0.0217 e. The normalized spacial score (nSPS) is 24.9. The molecule has 0 saturated carbocycles. The molecule has 0 aromatic heterocycles. The van der Waals surface area contributed by atoms with E-state index in [2.05, 4.69) is 37.9 Å². The van der Waals surface area contributed by atoms with Gasteiger partial charge in [-0.25, -0.2) is 0 Å². The molecule has 0 radical (unpaired) electrons. The van der Waals surface area contributed by atoms with Gasteiger partial charge in [-0.1, -0.05) is 27.7 Å². The van der Waals surface area contributed by atoms with E-state index in [-0.39, 0.29) is 0 Å². The Bertz CT molecular complexity index is 191. The van der Waals surface area contributed by atoms with Gasteiger partial charge in [0.15, 0.2) is 0 Å². The zero-order valence-corrected chi connectivity index (χ0v) is 12.3. The van der Waals surface area contributed by atoms with Crippen LogP contribution in [-0.2, 0) is 0 Å². The first-order chi connectivity index (χ1) is 8.13. The molecule has 0 bridgehead atoms. The van der Waals surface area contributed by atoms with E-state index < -0.39 is 0 Å². The van der Waals surface area contributed by atoms with E-state index >= 15 is 0 Å². The predicted octanol–water partition coefficient (Wildman–Crippen LogP) is 3.13. The van der Waals surface area contributed by atoms with Crippen LogP contribution in [0.4, 0.5) is 0 Å². The summed E-state index contributed by atoms with van der Waals surface area (Å²) in [6.45, 7) is 14.3. The molecule has 1 saturated heterocycles. The molecule has 1 rings (SSSR count). The number of nitrogens with zero attached hydrogens (tertiary/aromatic N) is 1. The van der Waals surface area contributed by atoms with Gasteiger partial charge in [-0.15, -0.1) is 0 Å². The summed E-state index contributed by atoms with van der Waals surface area (Å²) in [7, 11) is 0. The molecule has 0 aromatic carbocycles. The number of likely N-dealkylation sites (tertiary alicyclic amines) is 1. The number of rotatable bonds is 6. The first-order valence-electron chi connectivity index (χ1n) is 7.59. The van der Waals surface area contributed by atoms with Crippen molar-refractivity contribution < 1.29 is 0 Å². The summed E-state index contributed by atoms with van der Waals surface area (Å²) < 4.78 is 0. The van der Waals surface area contributed by atoms with Crippen LogP contribution in [0.1, 0.15) is 53.4 Å². The smallest absolute Gasteiger partial charge is 0.0217 e. The van der Waals surface area contributed by atoms with Gasteiger partial charge in [0.2, 0.25) is 0 Å². The van der Waals surface area contributed by atoms with Crippen molar-refractivity contribution in [3.05, 3.63) is 0 Å². The topological polar surface area (TPSA) is 15.3 Å². The third kappa shape index (κ3) is 5.87. The molecule has 1 aliphatic rings. The van der Waals surface area contributed by atoms with Crippen molar-refractivity contribution in [2.45, 2.75) is 59.4 Å². The highest BCUT2D eigenvalue weighted by Crippen LogP contribution is 2.17. The summed E-state index contributed by atoms with van der Waals surface area (Å²) in [6, 6.07) is 0.670. The third-order valence-electron chi connectivity index (χ3n) is 4.03. The molecule has 0 aliphatic carbocycles. The highest BCUT2D eigenvalue weighted by molar-refractivity contribution is 4.77. The van der Waals surface area contributed by atoms with E-state index in [0.717, 1.165) is 18.4 Å². The Hall–Kier alpha value is -0.0800. The lowest BCUT2D eigenvalue weighted by atomic mass is 10.0. The van der Waals surface area contributed by atoms with Gasteiger partial charge in [-0.2, -0.15) is 0 Å². The van der Waals surface area contributed by atoms with Gasteiger partial charge in [0.1, 0.15) is 0 Å². The molecule has 2 heteroatoms. The molecule has 2 atom stereocenters. The van der Waals surface area contributed by atoms with Gasteiger partial charge in [-0.3, -0.25) is 0 Å². The summed E-state index contributed by atoms with van der Waals surface area (Å²) in [4.78, 5) is 2.68. The second kappa shape index (κ2) is 8.10. The van der Waals surface area contributed by atoms with Crippen LogP contribution in [0.3, 0.4) is 0 Å². The van der Waals surface area contributed by atoms with E-state index in [9.17, 15) is 0 Å². The van der Waals surface area contributed by atoms with Crippen molar-refractivity contribution in [3.8, 4) is 0 Å². The van der Waals surface area contributed by atoms with Gasteiger partial charge >= 0.3 is 0 Å². The van der Waals surface area contributed by atoms with Crippen LogP contribution in [-0.4, -0.2) is 37.1 Å². The van der Waals surface area contributed by atoms with Crippen molar-refractivity contribution >= 4 is 0 Å². The molecule has 0 amide bonds. The summed E-state index contributed by atoms with van der Waals surface area (Å²) in [5, 5.41) is 3.71. The molecule has 2 nitrogen and oxygen atoms in total. The molecule has 1 fully saturated rings. The van der Waals surface area contributed by atoms with Crippen LogP contribution >= 0.6 is 0 Å². The summed E-state index contributed by atoms with van der Waals surface area (Å²) in [6.07, 6.45) is 5.43. The Balaban J connectivity index is 2.37. The molecule has 17 heavy (non-hydrogen) atoms. The molecule has 1 heterocycles.